The first-order valence-electron chi connectivity index (χ1n) is 5.64. The molecule has 0 amide bonds. The van der Waals surface area contributed by atoms with Crippen LogP contribution in [0.3, 0.4) is 0 Å². The molecule has 17 heavy (non-hydrogen) atoms. The fraction of sp³-hybridized carbons (Fsp3) is 0.385. The second-order valence-corrected chi connectivity index (χ2v) is 5.23. The van der Waals surface area contributed by atoms with E-state index >= 15 is 0 Å². The number of aryl methyl sites for hydroxylation is 2. The van der Waals surface area contributed by atoms with Crippen LogP contribution in [0.25, 0.3) is 0 Å². The molecule has 0 heterocycles. The zero-order valence-electron chi connectivity index (χ0n) is 10.1. The van der Waals surface area contributed by atoms with Gasteiger partial charge in [0.1, 0.15) is 4.32 Å². The minimum absolute atomic E-state index is 0.542. The lowest BCUT2D eigenvalue weighted by Crippen LogP contribution is -2.11. The first-order chi connectivity index (χ1) is 8.22. The molecule has 0 unspecified atom stereocenters. The molecule has 1 aromatic rings. The van der Waals surface area contributed by atoms with E-state index in [0.29, 0.717) is 4.32 Å². The number of nitriles is 1. The topological polar surface area (TPSA) is 35.8 Å². The molecule has 1 rings (SSSR count). The normalized spacial score (nSPS) is 9.71. The summed E-state index contributed by atoms with van der Waals surface area (Å²) in [6, 6.07) is 6.43. The van der Waals surface area contributed by atoms with E-state index in [1.54, 1.807) is 0 Å². The molecule has 0 saturated heterocycles. The Morgan fingerprint density at radius 2 is 1.94 bits per heavy atom. The van der Waals surface area contributed by atoms with Gasteiger partial charge in [-0.2, -0.15) is 5.26 Å². The second kappa shape index (κ2) is 7.31. The maximum Gasteiger partial charge on any atom is 0.182 e. The zero-order chi connectivity index (χ0) is 12.7. The van der Waals surface area contributed by atoms with Crippen LogP contribution in [0.2, 0.25) is 0 Å². The number of benzene rings is 1. The number of thiocarbonyl (C=S) groups is 1. The molecule has 1 aromatic carbocycles. The Balaban J connectivity index is 2.81. The van der Waals surface area contributed by atoms with Gasteiger partial charge >= 0.3 is 0 Å². The molecule has 0 bridgehead atoms. The van der Waals surface area contributed by atoms with E-state index in [-0.39, 0.29) is 0 Å². The molecule has 0 radical (unpaired) electrons. The molecule has 0 aromatic heterocycles. The lowest BCUT2D eigenvalue weighted by Gasteiger charge is -2.12. The van der Waals surface area contributed by atoms with Gasteiger partial charge in [0.05, 0.1) is 0 Å². The number of hydrogen-bond donors (Lipinski definition) is 1. The molecule has 0 fully saturated rings. The Hall–Kier alpha value is -1.05. The van der Waals surface area contributed by atoms with Crippen LogP contribution in [0, 0.1) is 11.5 Å². The first-order valence-corrected chi connectivity index (χ1v) is 7.03. The van der Waals surface area contributed by atoms with E-state index in [1.807, 2.05) is 6.19 Å². The minimum Gasteiger partial charge on any atom is -0.278 e. The van der Waals surface area contributed by atoms with Crippen molar-refractivity contribution in [3.63, 3.8) is 0 Å². The van der Waals surface area contributed by atoms with Crippen LogP contribution >= 0.6 is 24.0 Å². The summed E-state index contributed by atoms with van der Waals surface area (Å²) < 4.78 is 0.542. The van der Waals surface area contributed by atoms with Crippen LogP contribution in [0.4, 0.5) is 0 Å². The fourth-order valence-electron chi connectivity index (χ4n) is 1.76. The molecule has 0 spiro atoms. The lowest BCUT2D eigenvalue weighted by atomic mass is 9.99. The van der Waals surface area contributed by atoms with Gasteiger partial charge in [0, 0.05) is 5.75 Å². The van der Waals surface area contributed by atoms with Gasteiger partial charge in [-0.3, -0.25) is 5.32 Å². The molecule has 0 saturated carbocycles. The maximum atomic E-state index is 8.47. The molecule has 90 valence electrons. The number of hydrogen-bond acceptors (Lipinski definition) is 3. The van der Waals surface area contributed by atoms with Crippen molar-refractivity contribution >= 4 is 28.3 Å². The third-order valence-corrected chi connectivity index (χ3v) is 3.89. The standard InChI is InChI=1S/C13H16N2S2/c1-3-10-6-5-7-11(4-2)12(10)8-17-13(16)15-9-14/h5-7H,3-4,8H2,1-2H3,(H,15,16). The summed E-state index contributed by atoms with van der Waals surface area (Å²) in [7, 11) is 0. The van der Waals surface area contributed by atoms with Crippen LogP contribution in [-0.2, 0) is 18.6 Å². The van der Waals surface area contributed by atoms with E-state index in [0.717, 1.165) is 18.6 Å². The van der Waals surface area contributed by atoms with Crippen molar-refractivity contribution in [1.82, 2.24) is 5.32 Å². The van der Waals surface area contributed by atoms with Crippen molar-refractivity contribution in [3.8, 4) is 6.19 Å². The minimum atomic E-state index is 0.542. The highest BCUT2D eigenvalue weighted by atomic mass is 32.2. The van der Waals surface area contributed by atoms with Gasteiger partial charge in [-0.15, -0.1) is 0 Å². The van der Waals surface area contributed by atoms with Crippen molar-refractivity contribution in [2.75, 3.05) is 0 Å². The predicted molar refractivity (Wildman–Crippen MR) is 77.8 cm³/mol. The third-order valence-electron chi connectivity index (χ3n) is 2.64. The number of nitrogens with zero attached hydrogens (tertiary/aromatic N) is 1. The molecule has 0 aliphatic rings. The summed E-state index contributed by atoms with van der Waals surface area (Å²) in [6.07, 6.45) is 3.91. The highest BCUT2D eigenvalue weighted by Gasteiger charge is 2.07. The molecular weight excluding hydrogens is 248 g/mol. The Labute approximate surface area is 112 Å². The van der Waals surface area contributed by atoms with Gasteiger partial charge in [0.15, 0.2) is 6.19 Å². The van der Waals surface area contributed by atoms with Crippen LogP contribution in [0.5, 0.6) is 0 Å². The van der Waals surface area contributed by atoms with Gasteiger partial charge < -0.3 is 0 Å². The molecule has 1 N–H and O–H groups in total. The van der Waals surface area contributed by atoms with E-state index in [1.165, 1.54) is 28.5 Å². The quantitative estimate of drug-likeness (QED) is 0.513. The van der Waals surface area contributed by atoms with Crippen LogP contribution in [-0.4, -0.2) is 4.32 Å². The Kier molecular flexibility index (Phi) is 6.03. The molecular formula is C13H16N2S2. The Bertz CT molecular complexity index is 413. The van der Waals surface area contributed by atoms with Crippen molar-refractivity contribution in [2.24, 2.45) is 0 Å². The van der Waals surface area contributed by atoms with Crippen molar-refractivity contribution in [3.05, 3.63) is 34.9 Å². The number of rotatable bonds is 4. The molecule has 2 nitrogen and oxygen atoms in total. The first kappa shape index (κ1) is 14.0. The van der Waals surface area contributed by atoms with Crippen LogP contribution in [0.15, 0.2) is 18.2 Å². The summed E-state index contributed by atoms with van der Waals surface area (Å²) >= 11 is 6.55. The number of thioether (sulfide) groups is 1. The summed E-state index contributed by atoms with van der Waals surface area (Å²) in [5.74, 6) is 0.834. The van der Waals surface area contributed by atoms with Gasteiger partial charge in [0.2, 0.25) is 0 Å². The molecule has 4 heteroatoms. The average Bonchev–Trinajstić information content (AvgIpc) is 2.36. The molecule has 0 atom stereocenters. The fourth-order valence-corrected chi connectivity index (χ4v) is 2.74. The van der Waals surface area contributed by atoms with E-state index in [4.69, 9.17) is 17.5 Å². The van der Waals surface area contributed by atoms with Crippen molar-refractivity contribution in [2.45, 2.75) is 32.4 Å². The number of nitrogens with one attached hydrogen (secondary N) is 1. The second-order valence-electron chi connectivity index (χ2n) is 3.57. The van der Waals surface area contributed by atoms with Gasteiger partial charge in [-0.1, -0.05) is 56.0 Å². The monoisotopic (exact) mass is 264 g/mol. The van der Waals surface area contributed by atoms with E-state index < -0.39 is 0 Å². The van der Waals surface area contributed by atoms with Crippen molar-refractivity contribution < 1.29 is 0 Å². The van der Waals surface area contributed by atoms with Crippen molar-refractivity contribution in [1.29, 1.82) is 5.26 Å². The highest BCUT2D eigenvalue weighted by molar-refractivity contribution is 8.22. The smallest absolute Gasteiger partial charge is 0.182 e. The SMILES string of the molecule is CCc1cccc(CC)c1CSC(=S)NC#N. The van der Waals surface area contributed by atoms with E-state index in [2.05, 4.69) is 37.4 Å². The summed E-state index contributed by atoms with van der Waals surface area (Å²) in [6.45, 7) is 4.32. The average molecular weight is 264 g/mol. The summed E-state index contributed by atoms with van der Waals surface area (Å²) in [5, 5.41) is 11.0. The summed E-state index contributed by atoms with van der Waals surface area (Å²) in [5.41, 5.74) is 4.11. The van der Waals surface area contributed by atoms with Gasteiger partial charge in [-0.25, -0.2) is 0 Å². The molecule has 0 aliphatic carbocycles. The van der Waals surface area contributed by atoms with Gasteiger partial charge in [-0.05, 0) is 29.5 Å². The lowest BCUT2D eigenvalue weighted by molar-refractivity contribution is 1.04. The Morgan fingerprint density at radius 3 is 2.41 bits per heavy atom. The van der Waals surface area contributed by atoms with E-state index in [9.17, 15) is 0 Å². The third kappa shape index (κ3) is 4.03. The maximum absolute atomic E-state index is 8.47. The Morgan fingerprint density at radius 1 is 1.35 bits per heavy atom. The molecule has 0 aliphatic heterocycles. The zero-order valence-corrected chi connectivity index (χ0v) is 11.8. The van der Waals surface area contributed by atoms with Crippen LogP contribution < -0.4 is 5.32 Å². The predicted octanol–water partition coefficient (Wildman–Crippen LogP) is 3.40. The summed E-state index contributed by atoms with van der Waals surface area (Å²) in [4.78, 5) is 0. The highest BCUT2D eigenvalue weighted by Crippen LogP contribution is 2.22. The van der Waals surface area contributed by atoms with Gasteiger partial charge in [0.25, 0.3) is 0 Å². The van der Waals surface area contributed by atoms with Crippen LogP contribution in [0.1, 0.15) is 30.5 Å². The largest absolute Gasteiger partial charge is 0.278 e.